The Morgan fingerprint density at radius 3 is 2.62 bits per heavy atom. The third-order valence-corrected chi connectivity index (χ3v) is 2.36. The van der Waals surface area contributed by atoms with Gasteiger partial charge in [-0.25, -0.2) is 4.79 Å². The smallest absolute Gasteiger partial charge is 0.335 e. The standard InChI is InChI=1S/C12H15NO3/c1-8-3-4-11(12(15)16)7-10(8)5-6-13-9(2)14/h3-4,7H,5-6H2,1-2H3,(H,13,14)(H,15,16). The Bertz CT molecular complexity index is 413. The minimum atomic E-state index is -0.930. The highest BCUT2D eigenvalue weighted by Gasteiger charge is 2.06. The Kier molecular flexibility index (Phi) is 4.05. The molecule has 4 nitrogen and oxygen atoms in total. The van der Waals surface area contributed by atoms with E-state index in [0.29, 0.717) is 13.0 Å². The Balaban J connectivity index is 2.74. The number of carbonyl (C=O) groups excluding carboxylic acids is 1. The number of aromatic carboxylic acids is 1. The molecule has 2 N–H and O–H groups in total. The van der Waals surface area contributed by atoms with E-state index in [2.05, 4.69) is 5.32 Å². The molecule has 1 amide bonds. The van der Waals surface area contributed by atoms with Gasteiger partial charge in [-0.1, -0.05) is 6.07 Å². The summed E-state index contributed by atoms with van der Waals surface area (Å²) >= 11 is 0. The fourth-order valence-corrected chi connectivity index (χ4v) is 1.45. The van der Waals surface area contributed by atoms with Gasteiger partial charge in [-0.3, -0.25) is 4.79 Å². The fraction of sp³-hybridized carbons (Fsp3) is 0.333. The Hall–Kier alpha value is -1.84. The van der Waals surface area contributed by atoms with Gasteiger partial charge in [-0.05, 0) is 36.6 Å². The summed E-state index contributed by atoms with van der Waals surface area (Å²) in [5.41, 5.74) is 2.27. The van der Waals surface area contributed by atoms with Crippen molar-refractivity contribution < 1.29 is 14.7 Å². The number of nitrogens with one attached hydrogen (secondary N) is 1. The summed E-state index contributed by atoms with van der Waals surface area (Å²) in [4.78, 5) is 21.5. The van der Waals surface area contributed by atoms with Gasteiger partial charge in [0, 0.05) is 13.5 Å². The highest BCUT2D eigenvalue weighted by atomic mass is 16.4. The topological polar surface area (TPSA) is 66.4 Å². The van der Waals surface area contributed by atoms with E-state index in [-0.39, 0.29) is 11.5 Å². The molecule has 0 atom stereocenters. The van der Waals surface area contributed by atoms with Crippen LogP contribution in [0.2, 0.25) is 0 Å². The molecule has 1 rings (SSSR count). The van der Waals surface area contributed by atoms with Crippen LogP contribution in [0.5, 0.6) is 0 Å². The summed E-state index contributed by atoms with van der Waals surface area (Å²) < 4.78 is 0. The number of aryl methyl sites for hydroxylation is 1. The van der Waals surface area contributed by atoms with Crippen molar-refractivity contribution in [2.75, 3.05) is 6.54 Å². The molecule has 16 heavy (non-hydrogen) atoms. The van der Waals surface area contributed by atoms with E-state index >= 15 is 0 Å². The van der Waals surface area contributed by atoms with Crippen LogP contribution in [-0.2, 0) is 11.2 Å². The van der Waals surface area contributed by atoms with Gasteiger partial charge in [-0.15, -0.1) is 0 Å². The van der Waals surface area contributed by atoms with Crippen LogP contribution >= 0.6 is 0 Å². The molecule has 0 aliphatic carbocycles. The number of hydrogen-bond acceptors (Lipinski definition) is 2. The van der Waals surface area contributed by atoms with E-state index in [4.69, 9.17) is 5.11 Å². The second-order valence-corrected chi connectivity index (χ2v) is 3.68. The zero-order valence-corrected chi connectivity index (χ0v) is 9.41. The maximum Gasteiger partial charge on any atom is 0.335 e. The van der Waals surface area contributed by atoms with Crippen LogP contribution < -0.4 is 5.32 Å². The average Bonchev–Trinajstić information content (AvgIpc) is 2.20. The highest BCUT2D eigenvalue weighted by Crippen LogP contribution is 2.11. The van der Waals surface area contributed by atoms with Crippen LogP contribution in [0.25, 0.3) is 0 Å². The zero-order valence-electron chi connectivity index (χ0n) is 9.41. The second kappa shape index (κ2) is 5.30. The SMILES string of the molecule is CC(=O)NCCc1cc(C(=O)O)ccc1C. The molecule has 0 spiro atoms. The number of carboxylic acids is 1. The summed E-state index contributed by atoms with van der Waals surface area (Å²) in [5, 5.41) is 11.5. The molecular formula is C12H15NO3. The summed E-state index contributed by atoms with van der Waals surface area (Å²) in [6.07, 6.45) is 0.645. The van der Waals surface area contributed by atoms with E-state index in [9.17, 15) is 9.59 Å². The van der Waals surface area contributed by atoms with Crippen LogP contribution in [0.4, 0.5) is 0 Å². The number of amides is 1. The molecule has 0 saturated heterocycles. The molecule has 86 valence electrons. The van der Waals surface area contributed by atoms with Crippen molar-refractivity contribution in [1.29, 1.82) is 0 Å². The second-order valence-electron chi connectivity index (χ2n) is 3.68. The maximum absolute atomic E-state index is 10.8. The van der Waals surface area contributed by atoms with Crippen LogP contribution in [0.1, 0.15) is 28.4 Å². The summed E-state index contributed by atoms with van der Waals surface area (Å²) in [5.74, 6) is -1.01. The van der Waals surface area contributed by atoms with Gasteiger partial charge in [0.15, 0.2) is 0 Å². The summed E-state index contributed by atoms with van der Waals surface area (Å²) in [7, 11) is 0. The van der Waals surface area contributed by atoms with Crippen LogP contribution in [-0.4, -0.2) is 23.5 Å². The minimum Gasteiger partial charge on any atom is -0.478 e. The highest BCUT2D eigenvalue weighted by molar-refractivity contribution is 5.87. The van der Waals surface area contributed by atoms with Crippen molar-refractivity contribution in [2.45, 2.75) is 20.3 Å². The predicted molar refractivity (Wildman–Crippen MR) is 60.5 cm³/mol. The molecule has 0 aliphatic heterocycles. The quantitative estimate of drug-likeness (QED) is 0.807. The lowest BCUT2D eigenvalue weighted by atomic mass is 10.0. The van der Waals surface area contributed by atoms with Crippen molar-refractivity contribution in [3.63, 3.8) is 0 Å². The van der Waals surface area contributed by atoms with Crippen LogP contribution in [0.15, 0.2) is 18.2 Å². The lowest BCUT2D eigenvalue weighted by Gasteiger charge is -2.07. The summed E-state index contributed by atoms with van der Waals surface area (Å²) in [6.45, 7) is 3.91. The van der Waals surface area contributed by atoms with Crippen molar-refractivity contribution in [2.24, 2.45) is 0 Å². The van der Waals surface area contributed by atoms with E-state index in [1.54, 1.807) is 18.2 Å². The van der Waals surface area contributed by atoms with E-state index in [1.165, 1.54) is 6.92 Å². The zero-order chi connectivity index (χ0) is 12.1. The number of rotatable bonds is 4. The third kappa shape index (κ3) is 3.38. The first-order valence-corrected chi connectivity index (χ1v) is 5.08. The van der Waals surface area contributed by atoms with Gasteiger partial charge >= 0.3 is 5.97 Å². The molecular weight excluding hydrogens is 206 g/mol. The van der Waals surface area contributed by atoms with E-state index < -0.39 is 5.97 Å². The first-order chi connectivity index (χ1) is 7.50. The van der Waals surface area contributed by atoms with Crippen molar-refractivity contribution in [1.82, 2.24) is 5.32 Å². The fourth-order valence-electron chi connectivity index (χ4n) is 1.45. The largest absolute Gasteiger partial charge is 0.478 e. The van der Waals surface area contributed by atoms with Crippen LogP contribution in [0.3, 0.4) is 0 Å². The van der Waals surface area contributed by atoms with E-state index in [1.807, 2.05) is 6.92 Å². The van der Waals surface area contributed by atoms with Crippen LogP contribution in [0, 0.1) is 6.92 Å². The molecule has 0 fully saturated rings. The number of benzene rings is 1. The monoisotopic (exact) mass is 221 g/mol. The number of carboxylic acid groups (broad SMARTS) is 1. The molecule has 0 saturated carbocycles. The third-order valence-electron chi connectivity index (χ3n) is 2.36. The van der Waals surface area contributed by atoms with Gasteiger partial charge in [0.05, 0.1) is 5.56 Å². The lowest BCUT2D eigenvalue weighted by Crippen LogP contribution is -2.22. The van der Waals surface area contributed by atoms with Gasteiger partial charge in [0.25, 0.3) is 0 Å². The average molecular weight is 221 g/mol. The molecule has 1 aromatic rings. The Labute approximate surface area is 94.3 Å². The molecule has 0 heterocycles. The molecule has 0 aromatic heterocycles. The van der Waals surface area contributed by atoms with Gasteiger partial charge in [0.2, 0.25) is 5.91 Å². The Morgan fingerprint density at radius 2 is 2.06 bits per heavy atom. The molecule has 0 unspecified atom stereocenters. The summed E-state index contributed by atoms with van der Waals surface area (Å²) in [6, 6.07) is 5.02. The molecule has 1 aromatic carbocycles. The number of hydrogen-bond donors (Lipinski definition) is 2. The van der Waals surface area contributed by atoms with Crippen molar-refractivity contribution in [3.8, 4) is 0 Å². The first-order valence-electron chi connectivity index (χ1n) is 5.08. The molecule has 4 heteroatoms. The van der Waals surface area contributed by atoms with Crippen molar-refractivity contribution >= 4 is 11.9 Å². The normalized spacial score (nSPS) is 9.88. The lowest BCUT2D eigenvalue weighted by molar-refractivity contribution is -0.118. The van der Waals surface area contributed by atoms with E-state index in [0.717, 1.165) is 11.1 Å². The molecule has 0 bridgehead atoms. The molecule has 0 aliphatic rings. The minimum absolute atomic E-state index is 0.0768. The first kappa shape index (κ1) is 12.2. The molecule has 0 radical (unpaired) electrons. The van der Waals surface area contributed by atoms with Crippen molar-refractivity contribution in [3.05, 3.63) is 34.9 Å². The Morgan fingerprint density at radius 1 is 1.38 bits per heavy atom. The maximum atomic E-state index is 10.8. The van der Waals surface area contributed by atoms with Gasteiger partial charge in [-0.2, -0.15) is 0 Å². The predicted octanol–water partition coefficient (Wildman–Crippen LogP) is 1.37. The van der Waals surface area contributed by atoms with Gasteiger partial charge < -0.3 is 10.4 Å². The number of carbonyl (C=O) groups is 2. The van der Waals surface area contributed by atoms with Gasteiger partial charge in [0.1, 0.15) is 0 Å².